The molecule has 4 rings (SSSR count). The summed E-state index contributed by atoms with van der Waals surface area (Å²) in [5.74, 6) is 0.220. The first kappa shape index (κ1) is 22.9. The summed E-state index contributed by atoms with van der Waals surface area (Å²) in [5, 5.41) is 6.41. The average Bonchev–Trinajstić information content (AvgIpc) is 3.29. The zero-order valence-electron chi connectivity index (χ0n) is 18.7. The van der Waals surface area contributed by atoms with Gasteiger partial charge < -0.3 is 30.3 Å². The molecule has 0 saturated heterocycles. The van der Waals surface area contributed by atoms with Gasteiger partial charge in [-0.15, -0.1) is 0 Å². The lowest BCUT2D eigenvalue weighted by atomic mass is 10.1. The smallest absolute Gasteiger partial charge is 0.287 e. The highest BCUT2D eigenvalue weighted by Gasteiger charge is 2.14. The number of anilines is 2. The summed E-state index contributed by atoms with van der Waals surface area (Å²) in [5.41, 5.74) is 8.98. The molecule has 1 heterocycles. The molecular weight excluding hydrogens is 434 g/mol. The third-order valence-corrected chi connectivity index (χ3v) is 5.16. The lowest BCUT2D eigenvalue weighted by Gasteiger charge is -2.09. The number of furan rings is 1. The highest BCUT2D eigenvalue weighted by Crippen LogP contribution is 2.24. The van der Waals surface area contributed by atoms with Crippen molar-refractivity contribution in [2.45, 2.75) is 6.61 Å². The second-order valence-corrected chi connectivity index (χ2v) is 7.54. The van der Waals surface area contributed by atoms with E-state index in [1.165, 1.54) is 0 Å². The molecule has 0 bridgehead atoms. The van der Waals surface area contributed by atoms with Crippen LogP contribution in [-0.4, -0.2) is 32.1 Å². The fraction of sp³-hybridized carbons (Fsp3) is 0.154. The van der Waals surface area contributed by atoms with Crippen molar-refractivity contribution in [1.82, 2.24) is 5.32 Å². The largest absolute Gasteiger partial charge is 0.492 e. The zero-order valence-corrected chi connectivity index (χ0v) is 18.7. The second kappa shape index (κ2) is 10.5. The quantitative estimate of drug-likeness (QED) is 0.255. The molecule has 0 aliphatic heterocycles. The number of para-hydroxylation sites is 2. The van der Waals surface area contributed by atoms with Crippen molar-refractivity contribution >= 4 is 34.2 Å². The summed E-state index contributed by atoms with van der Waals surface area (Å²) in [6.07, 6.45) is 0. The first-order valence-electron chi connectivity index (χ1n) is 10.7. The first-order chi connectivity index (χ1) is 16.5. The monoisotopic (exact) mass is 459 g/mol. The van der Waals surface area contributed by atoms with Crippen molar-refractivity contribution < 1.29 is 23.5 Å². The van der Waals surface area contributed by atoms with Crippen molar-refractivity contribution in [3.8, 4) is 5.75 Å². The van der Waals surface area contributed by atoms with E-state index in [1.54, 1.807) is 61.7 Å². The number of fused-ring (bicyclic) bond motifs is 1. The number of nitrogen functional groups attached to an aromatic ring is 1. The van der Waals surface area contributed by atoms with Crippen molar-refractivity contribution in [1.29, 1.82) is 0 Å². The maximum absolute atomic E-state index is 12.4. The van der Waals surface area contributed by atoms with Crippen LogP contribution in [0.4, 0.5) is 11.4 Å². The summed E-state index contributed by atoms with van der Waals surface area (Å²) < 4.78 is 16.5. The maximum atomic E-state index is 12.4. The molecule has 3 aromatic carbocycles. The van der Waals surface area contributed by atoms with Gasteiger partial charge in [-0.05, 0) is 54.1 Å². The van der Waals surface area contributed by atoms with Gasteiger partial charge in [-0.25, -0.2) is 0 Å². The molecule has 0 unspecified atom stereocenters. The van der Waals surface area contributed by atoms with E-state index in [0.717, 1.165) is 10.9 Å². The van der Waals surface area contributed by atoms with E-state index in [1.807, 2.05) is 18.2 Å². The fourth-order valence-corrected chi connectivity index (χ4v) is 3.44. The lowest BCUT2D eigenvalue weighted by Crippen LogP contribution is -2.27. The Morgan fingerprint density at radius 1 is 0.971 bits per heavy atom. The number of nitrogens with one attached hydrogen (secondary N) is 2. The zero-order chi connectivity index (χ0) is 23.9. The Bertz CT molecular complexity index is 1300. The summed E-state index contributed by atoms with van der Waals surface area (Å²) >= 11 is 0. The predicted octanol–water partition coefficient (Wildman–Crippen LogP) is 4.22. The molecule has 34 heavy (non-hydrogen) atoms. The van der Waals surface area contributed by atoms with Crippen molar-refractivity contribution in [3.05, 3.63) is 89.7 Å². The number of nitrogens with two attached hydrogens (primary N) is 1. The lowest BCUT2D eigenvalue weighted by molar-refractivity contribution is 0.0921. The second-order valence-electron chi connectivity index (χ2n) is 7.54. The van der Waals surface area contributed by atoms with Crippen LogP contribution in [0.1, 0.15) is 26.5 Å². The summed E-state index contributed by atoms with van der Waals surface area (Å²) in [6, 6.07) is 21.1. The van der Waals surface area contributed by atoms with Crippen LogP contribution in [0, 0.1) is 0 Å². The molecular formula is C26H25N3O5. The molecule has 0 spiro atoms. The van der Waals surface area contributed by atoms with Gasteiger partial charge >= 0.3 is 0 Å². The number of rotatable bonds is 9. The maximum Gasteiger partial charge on any atom is 0.287 e. The number of ether oxygens (including phenoxy) is 2. The number of amides is 2. The minimum absolute atomic E-state index is 0.230. The number of hydrogen-bond acceptors (Lipinski definition) is 6. The van der Waals surface area contributed by atoms with Crippen LogP contribution in [-0.2, 0) is 11.3 Å². The minimum atomic E-state index is -0.324. The van der Waals surface area contributed by atoms with Crippen molar-refractivity contribution in [2.24, 2.45) is 0 Å². The van der Waals surface area contributed by atoms with E-state index >= 15 is 0 Å². The van der Waals surface area contributed by atoms with Crippen LogP contribution in [0.25, 0.3) is 11.0 Å². The van der Waals surface area contributed by atoms with Crippen LogP contribution >= 0.6 is 0 Å². The fourth-order valence-electron chi connectivity index (χ4n) is 3.44. The van der Waals surface area contributed by atoms with Gasteiger partial charge in [0.1, 0.15) is 17.9 Å². The molecule has 8 heteroatoms. The molecule has 0 radical (unpaired) electrons. The number of carbonyl (C=O) groups is 2. The molecule has 8 nitrogen and oxygen atoms in total. The Hall–Kier alpha value is -4.30. The molecule has 2 amide bonds. The topological polar surface area (TPSA) is 116 Å². The van der Waals surface area contributed by atoms with Gasteiger partial charge in [0, 0.05) is 18.1 Å². The van der Waals surface area contributed by atoms with Crippen LogP contribution in [0.3, 0.4) is 0 Å². The van der Waals surface area contributed by atoms with E-state index in [4.69, 9.17) is 19.6 Å². The SMILES string of the molecule is COCc1cccc2oc(C(=O)NCCOc3ccc(C(=O)Nc4ccccc4N)cc3)cc12. The molecule has 4 N–H and O–H groups in total. The predicted molar refractivity (Wildman–Crippen MR) is 130 cm³/mol. The highest BCUT2D eigenvalue weighted by molar-refractivity contribution is 6.05. The van der Waals surface area contributed by atoms with Gasteiger partial charge in [-0.1, -0.05) is 24.3 Å². The van der Waals surface area contributed by atoms with E-state index < -0.39 is 0 Å². The van der Waals surface area contributed by atoms with Gasteiger partial charge in [0.2, 0.25) is 0 Å². The number of carbonyl (C=O) groups excluding carboxylic acids is 2. The average molecular weight is 460 g/mol. The van der Waals surface area contributed by atoms with Gasteiger partial charge in [0.25, 0.3) is 11.8 Å². The number of benzene rings is 3. The third-order valence-electron chi connectivity index (χ3n) is 5.16. The van der Waals surface area contributed by atoms with E-state index in [9.17, 15) is 9.59 Å². The van der Waals surface area contributed by atoms with Gasteiger partial charge in [-0.2, -0.15) is 0 Å². The Labute approximate surface area is 196 Å². The van der Waals surface area contributed by atoms with Crippen LogP contribution in [0.2, 0.25) is 0 Å². The minimum Gasteiger partial charge on any atom is -0.492 e. The molecule has 1 aromatic heterocycles. The Kier molecular flexibility index (Phi) is 7.10. The van der Waals surface area contributed by atoms with E-state index in [0.29, 0.717) is 34.9 Å². The third kappa shape index (κ3) is 5.36. The summed E-state index contributed by atoms with van der Waals surface area (Å²) in [4.78, 5) is 24.8. The highest BCUT2D eigenvalue weighted by atomic mass is 16.5. The molecule has 0 aliphatic carbocycles. The van der Waals surface area contributed by atoms with Crippen molar-refractivity contribution in [2.75, 3.05) is 31.3 Å². The molecule has 0 fully saturated rings. The normalized spacial score (nSPS) is 10.7. The molecule has 4 aromatic rings. The molecule has 0 atom stereocenters. The molecule has 0 saturated carbocycles. The molecule has 0 aliphatic rings. The Balaban J connectivity index is 1.26. The van der Waals surface area contributed by atoms with Crippen LogP contribution in [0.15, 0.2) is 77.2 Å². The Morgan fingerprint density at radius 3 is 2.53 bits per heavy atom. The van der Waals surface area contributed by atoms with Gasteiger partial charge in [0.05, 0.1) is 24.5 Å². The van der Waals surface area contributed by atoms with Gasteiger partial charge in [0.15, 0.2) is 5.76 Å². The van der Waals surface area contributed by atoms with Crippen molar-refractivity contribution in [3.63, 3.8) is 0 Å². The van der Waals surface area contributed by atoms with E-state index in [-0.39, 0.29) is 30.7 Å². The summed E-state index contributed by atoms with van der Waals surface area (Å²) in [6.45, 7) is 0.982. The van der Waals surface area contributed by atoms with Crippen LogP contribution < -0.4 is 21.1 Å². The standard InChI is InChI=1S/C26H25N3O5/c1-32-16-18-5-4-8-23-20(18)15-24(34-23)26(31)28-13-14-33-19-11-9-17(10-12-19)25(30)29-22-7-3-2-6-21(22)27/h2-12,15H,13-14,16,27H2,1H3,(H,28,31)(H,29,30). The number of methoxy groups -OCH3 is 1. The van der Waals surface area contributed by atoms with Crippen LogP contribution in [0.5, 0.6) is 5.75 Å². The van der Waals surface area contributed by atoms with Gasteiger partial charge in [-0.3, -0.25) is 9.59 Å². The van der Waals surface area contributed by atoms with E-state index in [2.05, 4.69) is 10.6 Å². The Morgan fingerprint density at radius 2 is 1.76 bits per heavy atom. The number of hydrogen-bond donors (Lipinski definition) is 3. The summed E-state index contributed by atoms with van der Waals surface area (Å²) in [7, 11) is 1.62. The molecule has 174 valence electrons. The first-order valence-corrected chi connectivity index (χ1v) is 10.7.